The van der Waals surface area contributed by atoms with Crippen LogP contribution in [0.1, 0.15) is 102 Å². The third-order valence-corrected chi connectivity index (χ3v) is 6.09. The molecule has 0 unspecified atom stereocenters. The van der Waals surface area contributed by atoms with Gasteiger partial charge in [0.1, 0.15) is 5.92 Å². The molecule has 3 nitrogen and oxygen atoms in total. The van der Waals surface area contributed by atoms with Crippen molar-refractivity contribution in [3.8, 4) is 23.7 Å². The zero-order chi connectivity index (χ0) is 24.1. The van der Waals surface area contributed by atoms with Crippen molar-refractivity contribution in [2.75, 3.05) is 0 Å². The first kappa shape index (κ1) is 27.5. The summed E-state index contributed by atoms with van der Waals surface area (Å²) in [5.74, 6) is 10.3. The van der Waals surface area contributed by atoms with Crippen LogP contribution in [-0.4, -0.2) is 5.97 Å². The first-order chi connectivity index (χ1) is 16.8. The Labute approximate surface area is 207 Å². The van der Waals surface area contributed by atoms with Gasteiger partial charge in [-0.25, -0.2) is 0 Å². The minimum atomic E-state index is -0.560. The Morgan fingerprint density at radius 1 is 0.765 bits per heavy atom. The normalized spacial score (nSPS) is 10.3. The highest BCUT2D eigenvalue weighted by atomic mass is 16.7. The molecular weight excluding hydrogens is 418 g/mol. The quantitative estimate of drug-likeness (QED) is 0.129. The van der Waals surface area contributed by atoms with Gasteiger partial charge >= 0.3 is 5.97 Å². The van der Waals surface area contributed by atoms with Gasteiger partial charge in [0.25, 0.3) is 0 Å². The van der Waals surface area contributed by atoms with Crippen LogP contribution in [0.5, 0.6) is 0 Å². The fourth-order valence-electron chi connectivity index (χ4n) is 4.13. The van der Waals surface area contributed by atoms with Gasteiger partial charge in [0.2, 0.25) is 0 Å². The highest BCUT2D eigenvalue weighted by Crippen LogP contribution is 2.17. The van der Waals surface area contributed by atoms with Crippen LogP contribution in [0.15, 0.2) is 42.5 Å². The average Bonchev–Trinajstić information content (AvgIpc) is 2.86. The van der Waals surface area contributed by atoms with Crippen molar-refractivity contribution >= 4 is 16.7 Å². The maximum Gasteiger partial charge on any atom is 0.715 e. The molecule has 0 spiro atoms. The van der Waals surface area contributed by atoms with Gasteiger partial charge in [0.15, 0.2) is 6.54 Å². The summed E-state index contributed by atoms with van der Waals surface area (Å²) < 4.78 is 0. The largest absolute Gasteiger partial charge is 0.715 e. The number of quaternary nitrogens is 1. The Bertz CT molecular complexity index is 953. The summed E-state index contributed by atoms with van der Waals surface area (Å²) in [7, 11) is 0. The molecule has 2 rings (SSSR count). The lowest BCUT2D eigenvalue weighted by molar-refractivity contribution is -0.883. The SMILES string of the molecule is CCCCCCCCCCCCCCCC#CC#CC(=[O+])O[NH2+]Cc1cccc2ccccc12. The van der Waals surface area contributed by atoms with Crippen molar-refractivity contribution in [1.29, 1.82) is 0 Å². The Kier molecular flexibility index (Phi) is 15.1. The Morgan fingerprint density at radius 3 is 2.09 bits per heavy atom. The van der Waals surface area contributed by atoms with E-state index in [9.17, 15) is 4.79 Å². The van der Waals surface area contributed by atoms with Gasteiger partial charge in [-0.3, -0.25) is 0 Å². The average molecular weight is 461 g/mol. The smallest absolute Gasteiger partial charge is 0.0891 e. The van der Waals surface area contributed by atoms with E-state index < -0.39 is 5.97 Å². The van der Waals surface area contributed by atoms with Crippen molar-refractivity contribution in [2.45, 2.75) is 103 Å². The summed E-state index contributed by atoms with van der Waals surface area (Å²) in [6.07, 6.45) is 18.4. The van der Waals surface area contributed by atoms with Crippen LogP contribution >= 0.6 is 0 Å². The van der Waals surface area contributed by atoms with Crippen LogP contribution in [0.3, 0.4) is 0 Å². The van der Waals surface area contributed by atoms with Crippen molar-refractivity contribution in [2.24, 2.45) is 0 Å². The van der Waals surface area contributed by atoms with Gasteiger partial charge in [0, 0.05) is 17.9 Å². The van der Waals surface area contributed by atoms with Crippen molar-refractivity contribution < 1.29 is 15.1 Å². The number of unbranched alkanes of at least 4 members (excludes halogenated alkanes) is 13. The number of rotatable bonds is 16. The van der Waals surface area contributed by atoms with Crippen LogP contribution in [-0.2, 0) is 16.2 Å². The van der Waals surface area contributed by atoms with E-state index in [1.54, 1.807) is 0 Å². The molecule has 34 heavy (non-hydrogen) atoms. The van der Waals surface area contributed by atoms with Crippen molar-refractivity contribution in [1.82, 2.24) is 0 Å². The minimum Gasteiger partial charge on any atom is -0.0891 e. The molecule has 1 radical (unpaired) electrons. The number of carbonyl (C=O) groups is 1. The fraction of sp³-hybridized carbons (Fsp3) is 0.516. The monoisotopic (exact) mass is 460 g/mol. The van der Waals surface area contributed by atoms with E-state index in [2.05, 4.69) is 48.8 Å². The lowest BCUT2D eigenvalue weighted by atomic mass is 10.0. The Morgan fingerprint density at radius 2 is 1.38 bits per heavy atom. The number of fused-ring (bicyclic) bond motifs is 1. The van der Waals surface area contributed by atoms with Gasteiger partial charge in [-0.1, -0.05) is 143 Å². The second kappa shape index (κ2) is 18.7. The molecule has 0 saturated heterocycles. The third kappa shape index (κ3) is 12.5. The Hall–Kier alpha value is -2.75. The molecule has 181 valence electrons. The van der Waals surface area contributed by atoms with Gasteiger partial charge in [-0.05, 0) is 23.1 Å². The molecule has 0 bridgehead atoms. The van der Waals surface area contributed by atoms with Gasteiger partial charge in [0.05, 0.1) is 4.79 Å². The van der Waals surface area contributed by atoms with Crippen molar-refractivity contribution in [3.05, 3.63) is 48.0 Å². The van der Waals surface area contributed by atoms with E-state index in [-0.39, 0.29) is 0 Å². The highest BCUT2D eigenvalue weighted by molar-refractivity contribution is 5.88. The van der Waals surface area contributed by atoms with Gasteiger partial charge in [-0.15, -0.1) is 0 Å². The molecular formula is C31H42NO2+2. The molecule has 0 aliphatic heterocycles. The molecule has 0 saturated carbocycles. The van der Waals surface area contributed by atoms with Crippen LogP contribution in [0.2, 0.25) is 0 Å². The number of hydrogen-bond donors (Lipinski definition) is 1. The van der Waals surface area contributed by atoms with E-state index in [0.717, 1.165) is 18.4 Å². The second-order valence-corrected chi connectivity index (χ2v) is 8.96. The molecule has 0 fully saturated rings. The summed E-state index contributed by atoms with van der Waals surface area (Å²) >= 11 is 0. The first-order valence-corrected chi connectivity index (χ1v) is 13.3. The molecule has 0 amide bonds. The predicted octanol–water partition coefficient (Wildman–Crippen LogP) is 6.85. The molecule has 2 aromatic carbocycles. The van der Waals surface area contributed by atoms with E-state index in [1.165, 1.54) is 93.3 Å². The van der Waals surface area contributed by atoms with Crippen LogP contribution < -0.4 is 5.48 Å². The second-order valence-electron chi connectivity index (χ2n) is 8.96. The van der Waals surface area contributed by atoms with E-state index in [0.29, 0.717) is 6.54 Å². The topological polar surface area (TPSA) is 45.7 Å². The molecule has 0 aliphatic carbocycles. The standard InChI is InChI=1S/C31H41NO2/c1-2-3-4-5-6-7-8-9-10-11-12-13-14-15-16-17-18-26-31(33)34-32-27-29-24-21-23-28-22-19-20-25-30(28)29/h19-25,32H,2-15,27H2,1H3/q+1/p+1. The van der Waals surface area contributed by atoms with Crippen LogP contribution in [0.4, 0.5) is 0 Å². The molecule has 0 aliphatic rings. The van der Waals surface area contributed by atoms with Gasteiger partial charge < -0.3 is 0 Å². The summed E-state index contributed by atoms with van der Waals surface area (Å²) in [5, 5.41) is 2.35. The summed E-state index contributed by atoms with van der Waals surface area (Å²) in [6.45, 7) is 2.83. The molecule has 0 heterocycles. The lowest BCUT2D eigenvalue weighted by Crippen LogP contribution is -2.82. The maximum atomic E-state index is 11.8. The molecule has 3 heteroatoms. The maximum absolute atomic E-state index is 11.8. The summed E-state index contributed by atoms with van der Waals surface area (Å²) in [5.41, 5.74) is 2.64. The molecule has 0 atom stereocenters. The molecule has 2 aromatic rings. The summed E-state index contributed by atoms with van der Waals surface area (Å²) in [6, 6.07) is 14.3. The molecule has 2 N–H and O–H groups in total. The van der Waals surface area contributed by atoms with Gasteiger partial charge in [-0.2, -0.15) is 0 Å². The number of carbonyl (C=O) groups excluding carboxylic acids is 1. The zero-order valence-corrected chi connectivity index (χ0v) is 21.0. The number of hydroxylamine groups is 1. The van der Waals surface area contributed by atoms with E-state index in [1.807, 2.05) is 24.3 Å². The van der Waals surface area contributed by atoms with Crippen molar-refractivity contribution in [3.63, 3.8) is 0 Å². The third-order valence-electron chi connectivity index (χ3n) is 6.09. The number of hydrogen-bond acceptors (Lipinski definition) is 2. The van der Waals surface area contributed by atoms with E-state index >= 15 is 0 Å². The Balaban J connectivity index is 1.45. The van der Waals surface area contributed by atoms with Crippen LogP contribution in [0, 0.1) is 23.7 Å². The minimum absolute atomic E-state index is 0.555. The lowest BCUT2D eigenvalue weighted by Gasteiger charge is -2.02. The fourth-order valence-corrected chi connectivity index (χ4v) is 4.13. The zero-order valence-electron chi connectivity index (χ0n) is 21.0. The highest BCUT2D eigenvalue weighted by Gasteiger charge is 2.17. The van der Waals surface area contributed by atoms with E-state index in [4.69, 9.17) is 4.84 Å². The number of benzene rings is 2. The number of nitrogens with two attached hydrogens (primary N) is 1. The molecule has 0 aromatic heterocycles. The van der Waals surface area contributed by atoms with Crippen LogP contribution in [0.25, 0.3) is 10.8 Å². The first-order valence-electron chi connectivity index (χ1n) is 13.3. The summed E-state index contributed by atoms with van der Waals surface area (Å²) in [4.78, 5) is 16.9. The predicted molar refractivity (Wildman–Crippen MR) is 142 cm³/mol.